The van der Waals surface area contributed by atoms with E-state index in [0.29, 0.717) is 11.3 Å². The summed E-state index contributed by atoms with van der Waals surface area (Å²) < 4.78 is 0. The fourth-order valence-electron chi connectivity index (χ4n) is 1.39. The predicted octanol–water partition coefficient (Wildman–Crippen LogP) is -0.673. The standard InChI is InChI=1S/C12H15N3O4/c13-6-10(16)14-7-11(17)15-9-3-1-2-8(4-9)5-12(18)19/h1-4H,5-7,13H2,(H,14,16)(H,15,17)(H,18,19). The third kappa shape index (κ3) is 5.64. The number of amides is 2. The summed E-state index contributed by atoms with van der Waals surface area (Å²) in [5, 5.41) is 13.5. The molecule has 0 unspecified atom stereocenters. The van der Waals surface area contributed by atoms with Gasteiger partial charge in [0.1, 0.15) is 0 Å². The second kappa shape index (κ2) is 7.12. The molecule has 7 nitrogen and oxygen atoms in total. The lowest BCUT2D eigenvalue weighted by molar-refractivity contribution is -0.136. The topological polar surface area (TPSA) is 122 Å². The van der Waals surface area contributed by atoms with Gasteiger partial charge in [-0.05, 0) is 17.7 Å². The third-order valence-corrected chi connectivity index (χ3v) is 2.20. The van der Waals surface area contributed by atoms with Crippen molar-refractivity contribution >= 4 is 23.5 Å². The molecule has 0 radical (unpaired) electrons. The average molecular weight is 265 g/mol. The number of carboxylic acids is 1. The molecule has 0 saturated carbocycles. The fraction of sp³-hybridized carbons (Fsp3) is 0.250. The number of aliphatic carboxylic acids is 1. The van der Waals surface area contributed by atoms with E-state index in [9.17, 15) is 14.4 Å². The van der Waals surface area contributed by atoms with Crippen LogP contribution in [-0.4, -0.2) is 36.0 Å². The Balaban J connectivity index is 2.54. The summed E-state index contributed by atoms with van der Waals surface area (Å²) in [4.78, 5) is 32.9. The van der Waals surface area contributed by atoms with E-state index in [0.717, 1.165) is 0 Å². The van der Waals surface area contributed by atoms with Crippen molar-refractivity contribution in [1.82, 2.24) is 5.32 Å². The Labute approximate surface area is 109 Å². The second-order valence-electron chi connectivity index (χ2n) is 3.80. The first kappa shape index (κ1) is 14.7. The van der Waals surface area contributed by atoms with Crippen LogP contribution in [0.1, 0.15) is 5.56 Å². The summed E-state index contributed by atoms with van der Waals surface area (Å²) in [6, 6.07) is 6.50. The number of carbonyl (C=O) groups is 3. The summed E-state index contributed by atoms with van der Waals surface area (Å²) >= 11 is 0. The predicted molar refractivity (Wildman–Crippen MR) is 68.5 cm³/mol. The van der Waals surface area contributed by atoms with Gasteiger partial charge in [0.15, 0.2) is 0 Å². The van der Waals surface area contributed by atoms with Crippen LogP contribution in [0.5, 0.6) is 0 Å². The maximum atomic E-state index is 11.5. The fourth-order valence-corrected chi connectivity index (χ4v) is 1.39. The normalized spacial score (nSPS) is 9.74. The van der Waals surface area contributed by atoms with Gasteiger partial charge in [0, 0.05) is 5.69 Å². The van der Waals surface area contributed by atoms with Crippen LogP contribution in [0.4, 0.5) is 5.69 Å². The Kier molecular flexibility index (Phi) is 5.49. The Morgan fingerprint density at radius 1 is 1.21 bits per heavy atom. The Morgan fingerprint density at radius 3 is 2.58 bits per heavy atom. The van der Waals surface area contributed by atoms with Gasteiger partial charge in [-0.15, -0.1) is 0 Å². The first-order chi connectivity index (χ1) is 9.01. The van der Waals surface area contributed by atoms with E-state index in [4.69, 9.17) is 10.8 Å². The monoisotopic (exact) mass is 265 g/mol. The average Bonchev–Trinajstić information content (AvgIpc) is 2.35. The first-order valence-electron chi connectivity index (χ1n) is 5.58. The van der Waals surface area contributed by atoms with Gasteiger partial charge in [0.25, 0.3) is 0 Å². The van der Waals surface area contributed by atoms with Crippen molar-refractivity contribution in [2.24, 2.45) is 5.73 Å². The molecule has 1 rings (SSSR count). The van der Waals surface area contributed by atoms with Crippen molar-refractivity contribution in [2.75, 3.05) is 18.4 Å². The van der Waals surface area contributed by atoms with Crippen molar-refractivity contribution in [3.63, 3.8) is 0 Å². The highest BCUT2D eigenvalue weighted by atomic mass is 16.4. The van der Waals surface area contributed by atoms with Gasteiger partial charge < -0.3 is 21.5 Å². The van der Waals surface area contributed by atoms with E-state index in [-0.39, 0.29) is 19.5 Å². The number of anilines is 1. The molecule has 5 N–H and O–H groups in total. The van der Waals surface area contributed by atoms with Crippen LogP contribution in [0.15, 0.2) is 24.3 Å². The van der Waals surface area contributed by atoms with Crippen LogP contribution in [0.25, 0.3) is 0 Å². The minimum absolute atomic E-state index is 0.117. The lowest BCUT2D eigenvalue weighted by Gasteiger charge is -2.07. The molecule has 0 aromatic heterocycles. The number of nitrogens with two attached hydrogens (primary N) is 1. The highest BCUT2D eigenvalue weighted by Crippen LogP contribution is 2.11. The Bertz CT molecular complexity index is 488. The van der Waals surface area contributed by atoms with E-state index in [2.05, 4.69) is 10.6 Å². The highest BCUT2D eigenvalue weighted by Gasteiger charge is 2.06. The maximum Gasteiger partial charge on any atom is 0.307 e. The number of nitrogens with one attached hydrogen (secondary N) is 2. The number of carboxylic acid groups (broad SMARTS) is 1. The molecule has 2 amide bonds. The molecule has 1 aromatic carbocycles. The van der Waals surface area contributed by atoms with Crippen molar-refractivity contribution in [1.29, 1.82) is 0 Å². The minimum Gasteiger partial charge on any atom is -0.481 e. The smallest absolute Gasteiger partial charge is 0.307 e. The van der Waals surface area contributed by atoms with Gasteiger partial charge in [-0.2, -0.15) is 0 Å². The van der Waals surface area contributed by atoms with E-state index < -0.39 is 17.8 Å². The number of hydrogen-bond donors (Lipinski definition) is 4. The highest BCUT2D eigenvalue weighted by molar-refractivity contribution is 5.94. The molecule has 0 spiro atoms. The molecule has 0 heterocycles. The minimum atomic E-state index is -0.946. The summed E-state index contributed by atoms with van der Waals surface area (Å²) in [5.41, 5.74) is 6.14. The zero-order valence-electron chi connectivity index (χ0n) is 10.2. The molecule has 7 heteroatoms. The lowest BCUT2D eigenvalue weighted by Crippen LogP contribution is -2.36. The number of benzene rings is 1. The quantitative estimate of drug-likeness (QED) is 0.543. The summed E-state index contributed by atoms with van der Waals surface area (Å²) in [5.74, 6) is -1.78. The van der Waals surface area contributed by atoms with Crippen molar-refractivity contribution < 1.29 is 19.5 Å². The molecule has 19 heavy (non-hydrogen) atoms. The van der Waals surface area contributed by atoms with Crippen LogP contribution in [0.3, 0.4) is 0 Å². The molecule has 0 atom stereocenters. The summed E-state index contributed by atoms with van der Waals surface area (Å²) in [7, 11) is 0. The van der Waals surface area contributed by atoms with Gasteiger partial charge in [-0.3, -0.25) is 14.4 Å². The number of carbonyl (C=O) groups excluding carboxylic acids is 2. The molecule has 0 fully saturated rings. The van der Waals surface area contributed by atoms with Crippen LogP contribution >= 0.6 is 0 Å². The molecular weight excluding hydrogens is 250 g/mol. The Hall–Kier alpha value is -2.41. The van der Waals surface area contributed by atoms with Crippen molar-refractivity contribution in [3.05, 3.63) is 29.8 Å². The van der Waals surface area contributed by atoms with E-state index in [1.165, 1.54) is 0 Å². The first-order valence-corrected chi connectivity index (χ1v) is 5.58. The lowest BCUT2D eigenvalue weighted by atomic mass is 10.1. The third-order valence-electron chi connectivity index (χ3n) is 2.20. The molecule has 0 aliphatic heterocycles. The van der Waals surface area contributed by atoms with Gasteiger partial charge in [-0.25, -0.2) is 0 Å². The van der Waals surface area contributed by atoms with Crippen LogP contribution in [-0.2, 0) is 20.8 Å². The van der Waals surface area contributed by atoms with Crippen LogP contribution < -0.4 is 16.4 Å². The van der Waals surface area contributed by atoms with Crippen molar-refractivity contribution in [3.8, 4) is 0 Å². The summed E-state index contributed by atoms with van der Waals surface area (Å²) in [6.07, 6.45) is -0.117. The van der Waals surface area contributed by atoms with E-state index >= 15 is 0 Å². The van der Waals surface area contributed by atoms with Crippen LogP contribution in [0, 0.1) is 0 Å². The number of hydrogen-bond acceptors (Lipinski definition) is 4. The molecule has 0 aliphatic carbocycles. The SMILES string of the molecule is NCC(=O)NCC(=O)Nc1cccc(CC(=O)O)c1. The molecule has 0 bridgehead atoms. The molecule has 0 saturated heterocycles. The molecular formula is C12H15N3O4. The van der Waals surface area contributed by atoms with Crippen molar-refractivity contribution in [2.45, 2.75) is 6.42 Å². The summed E-state index contributed by atoms with van der Waals surface area (Å²) in [6.45, 7) is -0.361. The molecule has 1 aromatic rings. The van der Waals surface area contributed by atoms with Crippen LogP contribution in [0.2, 0.25) is 0 Å². The zero-order valence-corrected chi connectivity index (χ0v) is 10.2. The maximum absolute atomic E-state index is 11.5. The Morgan fingerprint density at radius 2 is 1.95 bits per heavy atom. The second-order valence-corrected chi connectivity index (χ2v) is 3.80. The van der Waals surface area contributed by atoms with Gasteiger partial charge in [-0.1, -0.05) is 12.1 Å². The largest absolute Gasteiger partial charge is 0.481 e. The van der Waals surface area contributed by atoms with E-state index in [1.807, 2.05) is 0 Å². The molecule has 102 valence electrons. The zero-order chi connectivity index (χ0) is 14.3. The van der Waals surface area contributed by atoms with E-state index in [1.54, 1.807) is 24.3 Å². The van der Waals surface area contributed by atoms with Gasteiger partial charge in [0.05, 0.1) is 19.5 Å². The molecule has 0 aliphatic rings. The van der Waals surface area contributed by atoms with Gasteiger partial charge in [0.2, 0.25) is 11.8 Å². The van der Waals surface area contributed by atoms with Gasteiger partial charge >= 0.3 is 5.97 Å². The number of rotatable bonds is 6.